The molecular formula is C32H44N2O5. The lowest BCUT2D eigenvalue weighted by molar-refractivity contribution is 0.0846. The zero-order chi connectivity index (χ0) is 28.7. The maximum Gasteiger partial charge on any atom is 0.360 e. The molecule has 0 bridgehead atoms. The number of likely N-dealkylation sites (tertiary alicyclic amines) is 1. The van der Waals surface area contributed by atoms with Crippen molar-refractivity contribution in [2.24, 2.45) is 0 Å². The number of carbonyl (C=O) groups is 1. The maximum atomic E-state index is 12.9. The largest absolute Gasteiger partial charge is 0.490 e. The molecule has 0 radical (unpaired) electrons. The summed E-state index contributed by atoms with van der Waals surface area (Å²) in [5.41, 5.74) is 2.05. The number of nitrogens with zero attached hydrogens (tertiary/aromatic N) is 1. The Morgan fingerprint density at radius 2 is 1.74 bits per heavy atom. The first-order valence-electron chi connectivity index (χ1n) is 14.2. The van der Waals surface area contributed by atoms with Crippen LogP contribution in [0, 0.1) is 6.92 Å². The van der Waals surface area contributed by atoms with E-state index in [1.807, 2.05) is 58.9 Å². The summed E-state index contributed by atoms with van der Waals surface area (Å²) >= 11 is 0. The number of anilines is 1. The van der Waals surface area contributed by atoms with E-state index in [1.54, 1.807) is 12.1 Å². The molecule has 0 spiro atoms. The second-order valence-electron chi connectivity index (χ2n) is 10.3. The summed E-state index contributed by atoms with van der Waals surface area (Å²) in [7, 11) is 2.11. The molecular weight excluding hydrogens is 492 g/mol. The molecule has 0 saturated carbocycles. The summed E-state index contributed by atoms with van der Waals surface area (Å²) in [4.78, 5) is 28.0. The first-order chi connectivity index (χ1) is 18.7. The summed E-state index contributed by atoms with van der Waals surface area (Å²) in [6.45, 7) is 16.0. The SMILES string of the molecule is CC.CC.Cc1c(OC2CCN(C)CC2)ccc2cc(NC(=O)c3ccc4c(c3)CCC(C)(C)O4)c(=O)oc12. The standard InChI is InChI=1S/C28H32N2O5.2C2H6/c1-17-23(33-21-10-13-30(4)14-11-21)7-5-19-16-22(27(32)34-25(17)19)29-26(31)20-6-8-24-18(15-20)9-12-28(2,3)35-24;2*1-2/h5-8,15-16,21H,9-14H2,1-4H3,(H,29,31);2*1-2H3. The molecule has 5 rings (SSSR count). The van der Waals surface area contributed by atoms with E-state index in [1.165, 1.54) is 0 Å². The quantitative estimate of drug-likeness (QED) is 0.362. The van der Waals surface area contributed by atoms with E-state index in [9.17, 15) is 9.59 Å². The molecule has 1 amide bonds. The lowest BCUT2D eigenvalue weighted by Crippen LogP contribution is -2.35. The Hall–Kier alpha value is -3.32. The van der Waals surface area contributed by atoms with Gasteiger partial charge in [-0.05, 0) is 95.5 Å². The van der Waals surface area contributed by atoms with Crippen molar-refractivity contribution in [2.45, 2.75) is 85.9 Å². The number of piperidine rings is 1. The first kappa shape index (κ1) is 30.2. The van der Waals surface area contributed by atoms with Gasteiger partial charge in [0, 0.05) is 29.6 Å². The van der Waals surface area contributed by atoms with E-state index in [4.69, 9.17) is 13.9 Å². The van der Waals surface area contributed by atoms with Gasteiger partial charge in [-0.15, -0.1) is 0 Å². The Bertz CT molecular complexity index is 1340. The van der Waals surface area contributed by atoms with Gasteiger partial charge in [-0.2, -0.15) is 0 Å². The number of rotatable bonds is 4. The summed E-state index contributed by atoms with van der Waals surface area (Å²) < 4.78 is 17.9. The highest BCUT2D eigenvalue weighted by molar-refractivity contribution is 6.05. The van der Waals surface area contributed by atoms with Gasteiger partial charge >= 0.3 is 5.63 Å². The van der Waals surface area contributed by atoms with Crippen LogP contribution in [-0.2, 0) is 6.42 Å². The van der Waals surface area contributed by atoms with Gasteiger partial charge < -0.3 is 24.1 Å². The normalized spacial score (nSPS) is 16.5. The minimum absolute atomic E-state index is 0.112. The average molecular weight is 537 g/mol. The molecule has 0 unspecified atom stereocenters. The topological polar surface area (TPSA) is 81.0 Å². The van der Waals surface area contributed by atoms with Gasteiger partial charge in [0.1, 0.15) is 34.5 Å². The van der Waals surface area contributed by atoms with Crippen LogP contribution in [0.2, 0.25) is 0 Å². The zero-order valence-electron chi connectivity index (χ0n) is 24.8. The number of benzene rings is 2. The van der Waals surface area contributed by atoms with Crippen LogP contribution in [0.4, 0.5) is 5.69 Å². The van der Waals surface area contributed by atoms with Crippen LogP contribution < -0.4 is 20.4 Å². The molecule has 7 nitrogen and oxygen atoms in total. The molecule has 2 aliphatic heterocycles. The fourth-order valence-corrected chi connectivity index (χ4v) is 4.80. The number of aryl methyl sites for hydroxylation is 2. The number of carbonyl (C=O) groups excluding carboxylic acids is 1. The maximum absolute atomic E-state index is 12.9. The smallest absolute Gasteiger partial charge is 0.360 e. The second-order valence-corrected chi connectivity index (χ2v) is 10.3. The Labute approximate surface area is 232 Å². The van der Waals surface area contributed by atoms with Crippen molar-refractivity contribution in [2.75, 3.05) is 25.5 Å². The second kappa shape index (κ2) is 13.2. The van der Waals surface area contributed by atoms with Crippen LogP contribution in [0.3, 0.4) is 0 Å². The predicted octanol–water partition coefficient (Wildman–Crippen LogP) is 6.98. The van der Waals surface area contributed by atoms with Gasteiger partial charge in [0.2, 0.25) is 0 Å². The number of hydrogen-bond donors (Lipinski definition) is 1. The average Bonchev–Trinajstić information content (AvgIpc) is 2.94. The minimum Gasteiger partial charge on any atom is -0.490 e. The van der Waals surface area contributed by atoms with E-state index in [2.05, 4.69) is 31.1 Å². The number of nitrogens with one attached hydrogen (secondary N) is 1. The highest BCUT2D eigenvalue weighted by Crippen LogP contribution is 2.34. The third kappa shape index (κ3) is 7.21. The number of fused-ring (bicyclic) bond motifs is 2. The predicted molar refractivity (Wildman–Crippen MR) is 158 cm³/mol. The van der Waals surface area contributed by atoms with Crippen molar-refractivity contribution in [1.82, 2.24) is 4.90 Å². The highest BCUT2D eigenvalue weighted by atomic mass is 16.5. The third-order valence-corrected chi connectivity index (χ3v) is 7.01. The van der Waals surface area contributed by atoms with Crippen LogP contribution in [0.25, 0.3) is 11.0 Å². The van der Waals surface area contributed by atoms with Crippen LogP contribution in [0.1, 0.15) is 82.3 Å². The fraction of sp³-hybridized carbons (Fsp3) is 0.500. The van der Waals surface area contributed by atoms with Crippen LogP contribution >= 0.6 is 0 Å². The molecule has 1 saturated heterocycles. The minimum atomic E-state index is -0.589. The van der Waals surface area contributed by atoms with Crippen LogP contribution in [0.15, 0.2) is 45.6 Å². The van der Waals surface area contributed by atoms with Gasteiger partial charge in [-0.1, -0.05) is 27.7 Å². The lowest BCUT2D eigenvalue weighted by Gasteiger charge is -2.32. The molecule has 3 heterocycles. The summed E-state index contributed by atoms with van der Waals surface area (Å²) in [6.07, 6.45) is 3.80. The molecule has 212 valence electrons. The molecule has 39 heavy (non-hydrogen) atoms. The van der Waals surface area contributed by atoms with Gasteiger partial charge in [-0.3, -0.25) is 4.79 Å². The summed E-state index contributed by atoms with van der Waals surface area (Å²) in [6, 6.07) is 10.8. The van der Waals surface area contributed by atoms with Gasteiger partial charge in [0.15, 0.2) is 0 Å². The van der Waals surface area contributed by atoms with E-state index < -0.39 is 5.63 Å². The Balaban J connectivity index is 0.00000100. The number of ether oxygens (including phenoxy) is 2. The molecule has 0 atom stereocenters. The highest BCUT2D eigenvalue weighted by Gasteiger charge is 2.27. The van der Waals surface area contributed by atoms with Crippen LogP contribution in [-0.4, -0.2) is 42.6 Å². The fourth-order valence-electron chi connectivity index (χ4n) is 4.80. The summed E-state index contributed by atoms with van der Waals surface area (Å²) in [5, 5.41) is 3.45. The van der Waals surface area contributed by atoms with Crippen LogP contribution in [0.5, 0.6) is 11.5 Å². The number of hydrogen-bond acceptors (Lipinski definition) is 6. The van der Waals surface area contributed by atoms with Crippen molar-refractivity contribution in [3.63, 3.8) is 0 Å². The van der Waals surface area contributed by atoms with Gasteiger partial charge in [0.25, 0.3) is 5.91 Å². The molecule has 1 N–H and O–H groups in total. The van der Waals surface area contributed by atoms with E-state index in [-0.39, 0.29) is 23.3 Å². The van der Waals surface area contributed by atoms with Crippen molar-refractivity contribution in [1.29, 1.82) is 0 Å². The van der Waals surface area contributed by atoms with Crippen molar-refractivity contribution >= 4 is 22.6 Å². The molecule has 0 aliphatic carbocycles. The van der Waals surface area contributed by atoms with E-state index in [0.29, 0.717) is 11.1 Å². The van der Waals surface area contributed by atoms with Gasteiger partial charge in [0.05, 0.1) is 0 Å². The molecule has 3 aromatic rings. The van der Waals surface area contributed by atoms with E-state index in [0.717, 1.165) is 66.8 Å². The van der Waals surface area contributed by atoms with Crippen molar-refractivity contribution < 1.29 is 18.7 Å². The van der Waals surface area contributed by atoms with Crippen molar-refractivity contribution in [3.05, 3.63) is 63.5 Å². The summed E-state index contributed by atoms with van der Waals surface area (Å²) in [5.74, 6) is 1.17. The number of amides is 1. The first-order valence-corrected chi connectivity index (χ1v) is 14.2. The Morgan fingerprint density at radius 1 is 1.05 bits per heavy atom. The zero-order valence-corrected chi connectivity index (χ0v) is 24.8. The lowest BCUT2D eigenvalue weighted by atomic mass is 9.93. The monoisotopic (exact) mass is 536 g/mol. The molecule has 1 aromatic heterocycles. The Morgan fingerprint density at radius 3 is 2.44 bits per heavy atom. The molecule has 1 fully saturated rings. The Kier molecular flexibility index (Phi) is 10.2. The molecule has 2 aromatic carbocycles. The van der Waals surface area contributed by atoms with Crippen molar-refractivity contribution in [3.8, 4) is 11.5 Å². The van der Waals surface area contributed by atoms with E-state index >= 15 is 0 Å². The molecule has 7 heteroatoms. The van der Waals surface area contributed by atoms with Gasteiger partial charge in [-0.25, -0.2) is 4.79 Å². The molecule has 2 aliphatic rings. The third-order valence-electron chi connectivity index (χ3n) is 7.01.